The highest BCUT2D eigenvalue weighted by Gasteiger charge is 2.18. The van der Waals surface area contributed by atoms with E-state index in [1.807, 2.05) is 24.3 Å². The fourth-order valence-corrected chi connectivity index (χ4v) is 3.38. The average Bonchev–Trinajstić information content (AvgIpc) is 2.63. The van der Waals surface area contributed by atoms with Gasteiger partial charge in [-0.15, -0.1) is 0 Å². The number of amides is 1. The summed E-state index contributed by atoms with van der Waals surface area (Å²) in [7, 11) is 0. The molecule has 2 aromatic rings. The number of carbonyl (C=O) groups excluding carboxylic acids is 1. The van der Waals surface area contributed by atoms with Gasteiger partial charge in [-0.25, -0.2) is 15.3 Å². The fourth-order valence-electron chi connectivity index (χ4n) is 2.24. The molecule has 1 aromatic heterocycles. The van der Waals surface area contributed by atoms with Crippen LogP contribution in [0.4, 0.5) is 0 Å². The summed E-state index contributed by atoms with van der Waals surface area (Å²) in [6, 6.07) is 11.3. The van der Waals surface area contributed by atoms with Gasteiger partial charge in [0.15, 0.2) is 6.29 Å². The molecule has 5 nitrogen and oxygen atoms in total. The van der Waals surface area contributed by atoms with Crippen LogP contribution in [0.15, 0.2) is 57.0 Å². The molecule has 1 unspecified atom stereocenters. The summed E-state index contributed by atoms with van der Waals surface area (Å²) in [6.45, 7) is 0.665. The van der Waals surface area contributed by atoms with Crippen LogP contribution in [0.2, 0.25) is 0 Å². The molecule has 2 heterocycles. The molecule has 24 heavy (non-hydrogen) atoms. The number of aromatic nitrogens is 1. The minimum atomic E-state index is -0.373. The molecule has 7 heteroatoms. The van der Waals surface area contributed by atoms with Crippen LogP contribution in [0.3, 0.4) is 0 Å². The maximum Gasteiger partial charge on any atom is 0.277 e. The van der Waals surface area contributed by atoms with Gasteiger partial charge in [0, 0.05) is 28.6 Å². The van der Waals surface area contributed by atoms with Crippen molar-refractivity contribution < 1.29 is 14.4 Å². The Morgan fingerprint density at radius 2 is 2.12 bits per heavy atom. The molecule has 0 spiro atoms. The van der Waals surface area contributed by atoms with E-state index >= 15 is 0 Å². The number of nitrogens with one attached hydrogen (secondary N) is 1. The van der Waals surface area contributed by atoms with E-state index < -0.39 is 0 Å². The minimum Gasteiger partial charge on any atom is -0.350 e. The van der Waals surface area contributed by atoms with Gasteiger partial charge in [-0.3, -0.25) is 4.79 Å². The summed E-state index contributed by atoms with van der Waals surface area (Å²) < 4.78 is 6.45. The molecule has 1 aliphatic heterocycles. The Balaban J connectivity index is 1.66. The third-order valence-corrected chi connectivity index (χ3v) is 5.02. The number of carbonyl (C=O) groups is 1. The number of ether oxygens (including phenoxy) is 1. The van der Waals surface area contributed by atoms with Gasteiger partial charge in [0.2, 0.25) is 0 Å². The van der Waals surface area contributed by atoms with E-state index in [9.17, 15) is 4.79 Å². The molecule has 3 rings (SSSR count). The van der Waals surface area contributed by atoms with Crippen molar-refractivity contribution in [2.45, 2.75) is 35.5 Å². The second-order valence-electron chi connectivity index (χ2n) is 5.26. The number of nitrogens with zero attached hydrogens (tertiary/aromatic N) is 1. The summed E-state index contributed by atoms with van der Waals surface area (Å²) in [5, 5.41) is 0.630. The van der Waals surface area contributed by atoms with Crippen LogP contribution in [0, 0.1) is 0 Å². The molecule has 1 amide bonds. The molecule has 1 fully saturated rings. The van der Waals surface area contributed by atoms with Crippen molar-refractivity contribution in [1.29, 1.82) is 0 Å². The summed E-state index contributed by atoms with van der Waals surface area (Å²) in [4.78, 5) is 23.1. The smallest absolute Gasteiger partial charge is 0.277 e. The summed E-state index contributed by atoms with van der Waals surface area (Å²) in [5.41, 5.74) is 2.95. The van der Waals surface area contributed by atoms with Gasteiger partial charge in [0.05, 0.1) is 5.56 Å². The zero-order valence-corrected chi connectivity index (χ0v) is 15.3. The first-order valence-corrected chi connectivity index (χ1v) is 9.29. The molecule has 0 radical (unpaired) electrons. The Kier molecular flexibility index (Phi) is 6.25. The van der Waals surface area contributed by atoms with Crippen molar-refractivity contribution >= 4 is 33.6 Å². The van der Waals surface area contributed by atoms with Crippen molar-refractivity contribution in [1.82, 2.24) is 10.5 Å². The molecule has 0 bridgehead atoms. The van der Waals surface area contributed by atoms with Gasteiger partial charge < -0.3 is 4.74 Å². The largest absolute Gasteiger partial charge is 0.350 e. The van der Waals surface area contributed by atoms with Gasteiger partial charge in [-0.2, -0.15) is 0 Å². The lowest BCUT2D eigenvalue weighted by atomic mass is 10.2. The zero-order valence-electron chi connectivity index (χ0n) is 12.9. The topological polar surface area (TPSA) is 60.5 Å². The first kappa shape index (κ1) is 17.4. The van der Waals surface area contributed by atoms with Crippen LogP contribution in [0.25, 0.3) is 0 Å². The molecule has 1 saturated heterocycles. The minimum absolute atomic E-state index is 0.322. The lowest BCUT2D eigenvalue weighted by molar-refractivity contribution is -0.186. The molecular formula is C17H17BrN2O3S. The predicted octanol–water partition coefficient (Wildman–Crippen LogP) is 4.18. The van der Waals surface area contributed by atoms with Crippen molar-refractivity contribution in [3.05, 3.63) is 52.6 Å². The quantitative estimate of drug-likeness (QED) is 0.751. The predicted molar refractivity (Wildman–Crippen MR) is 94.6 cm³/mol. The van der Waals surface area contributed by atoms with E-state index in [-0.39, 0.29) is 12.2 Å². The number of pyridine rings is 1. The highest BCUT2D eigenvalue weighted by atomic mass is 79.9. The van der Waals surface area contributed by atoms with Crippen LogP contribution < -0.4 is 5.48 Å². The van der Waals surface area contributed by atoms with Gasteiger partial charge in [0.25, 0.3) is 5.91 Å². The van der Waals surface area contributed by atoms with Crippen LogP contribution in [0.5, 0.6) is 0 Å². The van der Waals surface area contributed by atoms with Crippen molar-refractivity contribution in [2.75, 3.05) is 6.61 Å². The fraction of sp³-hybridized carbons (Fsp3) is 0.294. The maximum absolute atomic E-state index is 12.4. The molecule has 0 saturated carbocycles. The van der Waals surface area contributed by atoms with E-state index in [1.165, 1.54) is 11.8 Å². The van der Waals surface area contributed by atoms with E-state index in [4.69, 9.17) is 9.57 Å². The summed E-state index contributed by atoms with van der Waals surface area (Å²) in [6.07, 6.45) is 4.15. The Morgan fingerprint density at radius 1 is 1.29 bits per heavy atom. The van der Waals surface area contributed by atoms with E-state index in [1.54, 1.807) is 18.3 Å². The first-order valence-electron chi connectivity index (χ1n) is 7.68. The second kappa shape index (κ2) is 8.62. The lowest BCUT2D eigenvalue weighted by Crippen LogP contribution is -2.33. The van der Waals surface area contributed by atoms with Gasteiger partial charge in [-0.1, -0.05) is 27.7 Å². The van der Waals surface area contributed by atoms with Gasteiger partial charge in [-0.05, 0) is 49.2 Å². The number of hydrogen-bond acceptors (Lipinski definition) is 5. The Bertz CT molecular complexity index is 690. The molecule has 1 N–H and O–H groups in total. The molecule has 1 atom stereocenters. The van der Waals surface area contributed by atoms with Crippen molar-refractivity contribution in [3.8, 4) is 0 Å². The SMILES string of the molecule is O=C(NOC1CCCCO1)c1cccnc1Sc1ccc(Br)cc1. The average molecular weight is 409 g/mol. The van der Waals surface area contributed by atoms with Crippen LogP contribution in [0.1, 0.15) is 29.6 Å². The van der Waals surface area contributed by atoms with Gasteiger partial charge >= 0.3 is 0 Å². The maximum atomic E-state index is 12.4. The third-order valence-electron chi connectivity index (χ3n) is 3.46. The monoisotopic (exact) mass is 408 g/mol. The lowest BCUT2D eigenvalue weighted by Gasteiger charge is -2.22. The molecule has 1 aliphatic rings. The van der Waals surface area contributed by atoms with E-state index in [0.717, 1.165) is 28.6 Å². The molecule has 1 aromatic carbocycles. The molecule has 0 aliphatic carbocycles. The molecular weight excluding hydrogens is 392 g/mol. The van der Waals surface area contributed by atoms with E-state index in [0.29, 0.717) is 17.2 Å². The van der Waals surface area contributed by atoms with Crippen LogP contribution in [-0.4, -0.2) is 23.8 Å². The summed E-state index contributed by atoms with van der Waals surface area (Å²) >= 11 is 4.84. The van der Waals surface area contributed by atoms with Crippen molar-refractivity contribution in [3.63, 3.8) is 0 Å². The van der Waals surface area contributed by atoms with Crippen molar-refractivity contribution in [2.24, 2.45) is 0 Å². The highest BCUT2D eigenvalue weighted by Crippen LogP contribution is 2.29. The number of rotatable bonds is 5. The Morgan fingerprint density at radius 3 is 2.88 bits per heavy atom. The second-order valence-corrected chi connectivity index (χ2v) is 7.24. The third kappa shape index (κ3) is 4.80. The number of hydrogen-bond donors (Lipinski definition) is 1. The number of hydroxylamine groups is 1. The van der Waals surface area contributed by atoms with Crippen LogP contribution >= 0.6 is 27.7 Å². The molecule has 126 valence electrons. The van der Waals surface area contributed by atoms with Gasteiger partial charge in [0.1, 0.15) is 5.03 Å². The Hall–Kier alpha value is -1.41. The van der Waals surface area contributed by atoms with Crippen LogP contribution in [-0.2, 0) is 9.57 Å². The normalized spacial score (nSPS) is 17.5. The van der Waals surface area contributed by atoms with E-state index in [2.05, 4.69) is 26.4 Å². The summed E-state index contributed by atoms with van der Waals surface area (Å²) in [5.74, 6) is -0.322. The standard InChI is InChI=1S/C17H17BrN2O3S/c18-12-6-8-13(9-7-12)24-17-14(4-3-10-19-17)16(21)20-23-15-5-1-2-11-22-15/h3-4,6-10,15H,1-2,5,11H2,(H,20,21). The zero-order chi connectivity index (χ0) is 16.8. The number of benzene rings is 1. The first-order chi connectivity index (χ1) is 11.7. The number of halogens is 1. The Labute approximate surface area is 153 Å². The highest BCUT2D eigenvalue weighted by molar-refractivity contribution is 9.10.